The zero-order chi connectivity index (χ0) is 17.0. The summed E-state index contributed by atoms with van der Waals surface area (Å²) in [6.45, 7) is 0. The number of halogens is 1. The van der Waals surface area contributed by atoms with Gasteiger partial charge in [0, 0.05) is 17.2 Å². The zero-order valence-electron chi connectivity index (χ0n) is 11.5. The summed E-state index contributed by atoms with van der Waals surface area (Å²) in [5.41, 5.74) is 0.0493. The Kier molecular flexibility index (Phi) is 4.79. The van der Waals surface area contributed by atoms with Crippen LogP contribution in [0.25, 0.3) is 6.08 Å². The van der Waals surface area contributed by atoms with Gasteiger partial charge >= 0.3 is 0 Å². The Morgan fingerprint density at radius 3 is 2.43 bits per heavy atom. The second-order valence-electron chi connectivity index (χ2n) is 4.43. The van der Waals surface area contributed by atoms with Crippen molar-refractivity contribution in [2.45, 2.75) is 4.90 Å². The van der Waals surface area contributed by atoms with Crippen molar-refractivity contribution in [2.75, 3.05) is 0 Å². The normalized spacial score (nSPS) is 11.7. The van der Waals surface area contributed by atoms with Crippen LogP contribution in [0.1, 0.15) is 5.56 Å². The molecule has 2 aromatic carbocycles. The van der Waals surface area contributed by atoms with Gasteiger partial charge in [0.2, 0.25) is 9.84 Å². The van der Waals surface area contributed by atoms with Crippen LogP contribution in [0, 0.1) is 21.4 Å². The van der Waals surface area contributed by atoms with Crippen molar-refractivity contribution in [3.05, 3.63) is 74.1 Å². The smallest absolute Gasteiger partial charge is 0.258 e. The van der Waals surface area contributed by atoms with Crippen LogP contribution in [0.2, 0.25) is 5.02 Å². The second kappa shape index (κ2) is 6.60. The van der Waals surface area contributed by atoms with E-state index in [4.69, 9.17) is 16.9 Å². The molecule has 0 aliphatic rings. The van der Waals surface area contributed by atoms with E-state index in [2.05, 4.69) is 0 Å². The topological polar surface area (TPSA) is 101 Å². The molecule has 0 saturated carbocycles. The van der Waals surface area contributed by atoms with Crippen LogP contribution < -0.4 is 0 Å². The highest BCUT2D eigenvalue weighted by molar-refractivity contribution is 7.95. The van der Waals surface area contributed by atoms with Gasteiger partial charge in [0.1, 0.15) is 11.0 Å². The standard InChI is InChI=1S/C15H9ClN2O4S/c16-12-4-6-14(7-5-12)23(21,22)15(10-17)9-11-2-1-3-13(8-11)18(19)20/h1-9H. The van der Waals surface area contributed by atoms with Crippen LogP contribution in [0.3, 0.4) is 0 Å². The van der Waals surface area contributed by atoms with E-state index >= 15 is 0 Å². The molecule has 6 nitrogen and oxygen atoms in total. The number of hydrogen-bond acceptors (Lipinski definition) is 5. The lowest BCUT2D eigenvalue weighted by Crippen LogP contribution is -2.03. The van der Waals surface area contributed by atoms with Gasteiger partial charge < -0.3 is 0 Å². The Balaban J connectivity index is 2.50. The molecule has 2 rings (SSSR count). The average molecular weight is 349 g/mol. The number of sulfone groups is 1. The zero-order valence-corrected chi connectivity index (χ0v) is 13.1. The van der Waals surface area contributed by atoms with E-state index in [1.54, 1.807) is 6.07 Å². The molecule has 0 fully saturated rings. The third-order valence-corrected chi connectivity index (χ3v) is 4.84. The maximum absolute atomic E-state index is 12.4. The molecule has 0 spiro atoms. The number of rotatable bonds is 4. The van der Waals surface area contributed by atoms with E-state index in [-0.39, 0.29) is 16.1 Å². The van der Waals surface area contributed by atoms with Gasteiger partial charge in [-0.3, -0.25) is 10.1 Å². The molecule has 0 atom stereocenters. The molecule has 0 heterocycles. The van der Waals surface area contributed by atoms with Crippen molar-refractivity contribution in [2.24, 2.45) is 0 Å². The first-order chi connectivity index (χ1) is 10.8. The third-order valence-electron chi connectivity index (χ3n) is 2.90. The van der Waals surface area contributed by atoms with Crippen molar-refractivity contribution in [1.29, 1.82) is 5.26 Å². The Morgan fingerprint density at radius 1 is 1.22 bits per heavy atom. The predicted molar refractivity (Wildman–Crippen MR) is 85.3 cm³/mol. The van der Waals surface area contributed by atoms with Gasteiger partial charge in [-0.25, -0.2) is 8.42 Å². The fraction of sp³-hybridized carbons (Fsp3) is 0. The maximum Gasteiger partial charge on any atom is 0.270 e. The molecular formula is C15H9ClN2O4S. The summed E-state index contributed by atoms with van der Waals surface area (Å²) < 4.78 is 24.9. The van der Waals surface area contributed by atoms with Gasteiger partial charge in [-0.1, -0.05) is 23.7 Å². The first kappa shape index (κ1) is 16.7. The Morgan fingerprint density at radius 2 is 1.87 bits per heavy atom. The number of non-ortho nitro benzene ring substituents is 1. The number of allylic oxidation sites excluding steroid dienone is 1. The summed E-state index contributed by atoms with van der Waals surface area (Å²) >= 11 is 5.71. The molecule has 0 saturated heterocycles. The molecule has 0 aromatic heterocycles. The Labute approximate surface area is 137 Å². The lowest BCUT2D eigenvalue weighted by atomic mass is 10.2. The highest BCUT2D eigenvalue weighted by Gasteiger charge is 2.21. The summed E-state index contributed by atoms with van der Waals surface area (Å²) in [5, 5.41) is 20.3. The van der Waals surface area contributed by atoms with Crippen LogP contribution in [0.4, 0.5) is 5.69 Å². The molecule has 0 aliphatic carbocycles. The van der Waals surface area contributed by atoms with Crippen LogP contribution in [0.15, 0.2) is 58.3 Å². The number of nitrogens with zero attached hydrogens (tertiary/aromatic N) is 2. The van der Waals surface area contributed by atoms with E-state index in [9.17, 15) is 18.5 Å². The molecule has 0 radical (unpaired) electrons. The highest BCUT2D eigenvalue weighted by atomic mass is 35.5. The number of nitro benzene ring substituents is 1. The summed E-state index contributed by atoms with van der Waals surface area (Å²) in [5.74, 6) is 0. The van der Waals surface area contributed by atoms with Crippen molar-refractivity contribution in [3.63, 3.8) is 0 Å². The quantitative estimate of drug-likeness (QED) is 0.477. The molecule has 0 N–H and O–H groups in total. The minimum absolute atomic E-state index is 0.0832. The predicted octanol–water partition coefficient (Wildman–Crippen LogP) is 3.59. The minimum Gasteiger partial charge on any atom is -0.258 e. The van der Waals surface area contributed by atoms with Crippen molar-refractivity contribution in [3.8, 4) is 6.07 Å². The molecular weight excluding hydrogens is 340 g/mol. The lowest BCUT2D eigenvalue weighted by molar-refractivity contribution is -0.384. The Bertz CT molecular complexity index is 929. The van der Waals surface area contributed by atoms with Gasteiger partial charge in [0.05, 0.1) is 9.82 Å². The number of nitriles is 1. The fourth-order valence-electron chi connectivity index (χ4n) is 1.79. The molecule has 8 heteroatoms. The second-order valence-corrected chi connectivity index (χ2v) is 6.78. The van der Waals surface area contributed by atoms with E-state index in [0.29, 0.717) is 5.02 Å². The summed E-state index contributed by atoms with van der Waals surface area (Å²) in [4.78, 5) is 9.55. The van der Waals surface area contributed by atoms with Gasteiger partial charge in [-0.05, 0) is 35.9 Å². The minimum atomic E-state index is -4.03. The highest BCUT2D eigenvalue weighted by Crippen LogP contribution is 2.24. The average Bonchev–Trinajstić information content (AvgIpc) is 2.53. The number of nitro groups is 1. The fourth-order valence-corrected chi connectivity index (χ4v) is 3.08. The summed E-state index contributed by atoms with van der Waals surface area (Å²) in [7, 11) is -4.03. The molecule has 116 valence electrons. The van der Waals surface area contributed by atoms with Gasteiger partial charge in [-0.2, -0.15) is 5.26 Å². The third kappa shape index (κ3) is 3.74. The first-order valence-electron chi connectivity index (χ1n) is 6.21. The van der Waals surface area contributed by atoms with Gasteiger partial charge in [0.15, 0.2) is 0 Å². The van der Waals surface area contributed by atoms with Gasteiger partial charge in [0.25, 0.3) is 5.69 Å². The number of hydrogen-bond donors (Lipinski definition) is 0. The van der Waals surface area contributed by atoms with Crippen molar-refractivity contribution >= 4 is 33.2 Å². The van der Waals surface area contributed by atoms with Crippen LogP contribution >= 0.6 is 11.6 Å². The Hall–Kier alpha value is -2.69. The van der Waals surface area contributed by atoms with Crippen LogP contribution in [0.5, 0.6) is 0 Å². The van der Waals surface area contributed by atoms with Gasteiger partial charge in [-0.15, -0.1) is 0 Å². The SMILES string of the molecule is N#CC(=Cc1cccc([N+](=O)[O-])c1)S(=O)(=O)c1ccc(Cl)cc1. The summed E-state index contributed by atoms with van der Waals surface area (Å²) in [6.07, 6.45) is 1.09. The largest absolute Gasteiger partial charge is 0.270 e. The lowest BCUT2D eigenvalue weighted by Gasteiger charge is -2.03. The van der Waals surface area contributed by atoms with Crippen LogP contribution in [-0.4, -0.2) is 13.3 Å². The van der Waals surface area contributed by atoms with Crippen molar-refractivity contribution < 1.29 is 13.3 Å². The molecule has 23 heavy (non-hydrogen) atoms. The van der Waals surface area contributed by atoms with Crippen LogP contribution in [-0.2, 0) is 9.84 Å². The molecule has 2 aromatic rings. The first-order valence-corrected chi connectivity index (χ1v) is 8.07. The van der Waals surface area contributed by atoms with Crippen molar-refractivity contribution in [1.82, 2.24) is 0 Å². The molecule has 0 aliphatic heterocycles. The summed E-state index contributed by atoms with van der Waals surface area (Å²) in [6, 6.07) is 12.3. The molecule has 0 amide bonds. The van der Waals surface area contributed by atoms with E-state index < -0.39 is 19.7 Å². The maximum atomic E-state index is 12.4. The van der Waals surface area contributed by atoms with E-state index in [1.807, 2.05) is 0 Å². The van der Waals surface area contributed by atoms with E-state index in [1.165, 1.54) is 48.5 Å². The molecule has 0 unspecified atom stereocenters. The number of benzene rings is 2. The molecule has 0 bridgehead atoms. The van der Waals surface area contributed by atoms with E-state index in [0.717, 1.165) is 6.08 Å². The monoisotopic (exact) mass is 348 g/mol.